The Bertz CT molecular complexity index is 342. The normalized spacial score (nSPS) is 26.6. The quantitative estimate of drug-likeness (QED) is 0.786. The SMILES string of the molecule is CC(C)(C)OC(=O)N1[C@@H](CCC2CC2)COC1(C)C. The summed E-state index contributed by atoms with van der Waals surface area (Å²) in [4.78, 5) is 14.2. The minimum Gasteiger partial charge on any atom is -0.444 e. The van der Waals surface area contributed by atoms with Crippen LogP contribution in [0.25, 0.3) is 0 Å². The Morgan fingerprint density at radius 1 is 1.32 bits per heavy atom. The van der Waals surface area contributed by atoms with Gasteiger partial charge in [0.05, 0.1) is 12.6 Å². The molecule has 0 aromatic carbocycles. The second-order valence-corrected chi connectivity index (χ2v) is 7.28. The molecule has 0 spiro atoms. The van der Waals surface area contributed by atoms with Crippen molar-refractivity contribution in [1.29, 1.82) is 0 Å². The molecule has 19 heavy (non-hydrogen) atoms. The van der Waals surface area contributed by atoms with Gasteiger partial charge in [0.15, 0.2) is 0 Å². The minimum absolute atomic E-state index is 0.158. The van der Waals surface area contributed by atoms with Crippen LogP contribution in [0.15, 0.2) is 0 Å². The molecule has 0 unspecified atom stereocenters. The molecule has 1 aliphatic carbocycles. The van der Waals surface area contributed by atoms with Crippen LogP contribution in [0.5, 0.6) is 0 Å². The minimum atomic E-state index is -0.559. The lowest BCUT2D eigenvalue weighted by atomic mass is 10.1. The highest BCUT2D eigenvalue weighted by molar-refractivity contribution is 5.69. The molecular formula is C15H27NO3. The van der Waals surface area contributed by atoms with Gasteiger partial charge >= 0.3 is 6.09 Å². The van der Waals surface area contributed by atoms with Gasteiger partial charge in [0, 0.05) is 0 Å². The second kappa shape index (κ2) is 4.97. The number of carbonyl (C=O) groups excluding carboxylic acids is 1. The van der Waals surface area contributed by atoms with Crippen molar-refractivity contribution < 1.29 is 14.3 Å². The summed E-state index contributed by atoms with van der Waals surface area (Å²) in [6.07, 6.45) is 4.67. The average molecular weight is 269 g/mol. The van der Waals surface area contributed by atoms with Gasteiger partial charge in [0.25, 0.3) is 0 Å². The van der Waals surface area contributed by atoms with Gasteiger partial charge in [-0.25, -0.2) is 4.79 Å². The molecule has 1 atom stereocenters. The molecule has 1 aliphatic heterocycles. The fraction of sp³-hybridized carbons (Fsp3) is 0.933. The molecule has 2 aliphatic rings. The van der Waals surface area contributed by atoms with E-state index in [1.807, 2.05) is 34.6 Å². The molecule has 4 heteroatoms. The summed E-state index contributed by atoms with van der Waals surface area (Å²) < 4.78 is 11.3. The molecule has 0 radical (unpaired) electrons. The number of amides is 1. The summed E-state index contributed by atoms with van der Waals surface area (Å²) >= 11 is 0. The van der Waals surface area contributed by atoms with Crippen LogP contribution >= 0.6 is 0 Å². The van der Waals surface area contributed by atoms with E-state index in [0.29, 0.717) is 6.61 Å². The van der Waals surface area contributed by atoms with Crippen LogP contribution in [0.4, 0.5) is 4.79 Å². The predicted octanol–water partition coefficient (Wildman–Crippen LogP) is 3.55. The van der Waals surface area contributed by atoms with E-state index in [2.05, 4.69) is 0 Å². The van der Waals surface area contributed by atoms with E-state index in [1.54, 1.807) is 4.90 Å². The van der Waals surface area contributed by atoms with Gasteiger partial charge in [-0.2, -0.15) is 0 Å². The molecule has 2 rings (SSSR count). The predicted molar refractivity (Wildman–Crippen MR) is 73.9 cm³/mol. The summed E-state index contributed by atoms with van der Waals surface area (Å²) in [6, 6.07) is 0.158. The zero-order chi connectivity index (χ0) is 14.3. The van der Waals surface area contributed by atoms with E-state index in [0.717, 1.165) is 12.3 Å². The van der Waals surface area contributed by atoms with E-state index in [-0.39, 0.29) is 12.1 Å². The van der Waals surface area contributed by atoms with Crippen LogP contribution in [0.3, 0.4) is 0 Å². The van der Waals surface area contributed by atoms with Crippen LogP contribution in [-0.2, 0) is 9.47 Å². The Morgan fingerprint density at radius 2 is 1.95 bits per heavy atom. The van der Waals surface area contributed by atoms with Gasteiger partial charge in [0.1, 0.15) is 11.3 Å². The van der Waals surface area contributed by atoms with Crippen molar-refractivity contribution >= 4 is 6.09 Å². The van der Waals surface area contributed by atoms with E-state index in [1.165, 1.54) is 19.3 Å². The monoisotopic (exact) mass is 269 g/mol. The molecule has 1 saturated heterocycles. The van der Waals surface area contributed by atoms with Crippen molar-refractivity contribution in [2.45, 2.75) is 77.7 Å². The van der Waals surface area contributed by atoms with Crippen molar-refractivity contribution in [3.05, 3.63) is 0 Å². The molecule has 0 bridgehead atoms. The lowest BCUT2D eigenvalue weighted by Gasteiger charge is -2.35. The van der Waals surface area contributed by atoms with Gasteiger partial charge < -0.3 is 9.47 Å². The van der Waals surface area contributed by atoms with Crippen LogP contribution in [0.2, 0.25) is 0 Å². The Labute approximate surface area is 116 Å². The third kappa shape index (κ3) is 3.85. The summed E-state index contributed by atoms with van der Waals surface area (Å²) in [5, 5.41) is 0. The zero-order valence-corrected chi connectivity index (χ0v) is 12.9. The first-order valence-electron chi connectivity index (χ1n) is 7.35. The smallest absolute Gasteiger partial charge is 0.412 e. The summed E-state index contributed by atoms with van der Waals surface area (Å²) in [7, 11) is 0. The number of carbonyl (C=O) groups is 1. The Morgan fingerprint density at radius 3 is 2.47 bits per heavy atom. The third-order valence-corrected chi connectivity index (χ3v) is 3.77. The first kappa shape index (κ1) is 14.6. The number of rotatable bonds is 3. The van der Waals surface area contributed by atoms with Gasteiger partial charge in [-0.1, -0.05) is 12.8 Å². The second-order valence-electron chi connectivity index (χ2n) is 7.28. The van der Waals surface area contributed by atoms with Crippen molar-refractivity contribution in [2.75, 3.05) is 6.61 Å². The lowest BCUT2D eigenvalue weighted by Crippen LogP contribution is -2.49. The fourth-order valence-corrected chi connectivity index (χ4v) is 2.61. The standard InChI is InChI=1S/C15H27NO3/c1-14(2,3)19-13(17)16-12(9-8-11-6-7-11)10-18-15(16,4)5/h11-12H,6-10H2,1-5H3/t12-/m0/s1. The number of ether oxygens (including phenoxy) is 2. The maximum absolute atomic E-state index is 12.4. The van der Waals surface area contributed by atoms with Crippen molar-refractivity contribution in [3.8, 4) is 0 Å². The Kier molecular flexibility index (Phi) is 3.83. The molecular weight excluding hydrogens is 242 g/mol. The summed E-state index contributed by atoms with van der Waals surface area (Å²) in [5.41, 5.74) is -1.02. The van der Waals surface area contributed by atoms with Crippen molar-refractivity contribution in [3.63, 3.8) is 0 Å². The first-order valence-corrected chi connectivity index (χ1v) is 7.35. The van der Waals surface area contributed by atoms with E-state index < -0.39 is 11.3 Å². The van der Waals surface area contributed by atoms with Crippen LogP contribution in [-0.4, -0.2) is 35.0 Å². The number of hydrogen-bond donors (Lipinski definition) is 0. The molecule has 0 N–H and O–H groups in total. The maximum Gasteiger partial charge on any atom is 0.412 e. The molecule has 0 aromatic rings. The zero-order valence-electron chi connectivity index (χ0n) is 12.9. The maximum atomic E-state index is 12.4. The molecule has 1 heterocycles. The largest absolute Gasteiger partial charge is 0.444 e. The third-order valence-electron chi connectivity index (χ3n) is 3.77. The van der Waals surface area contributed by atoms with Gasteiger partial charge in [0.2, 0.25) is 0 Å². The lowest BCUT2D eigenvalue weighted by molar-refractivity contribution is -0.0627. The van der Waals surface area contributed by atoms with Crippen molar-refractivity contribution in [2.24, 2.45) is 5.92 Å². The van der Waals surface area contributed by atoms with Gasteiger partial charge in [-0.05, 0) is 53.4 Å². The van der Waals surface area contributed by atoms with E-state index >= 15 is 0 Å². The fourth-order valence-electron chi connectivity index (χ4n) is 2.61. The number of nitrogens with zero attached hydrogens (tertiary/aromatic N) is 1. The highest BCUT2D eigenvalue weighted by atomic mass is 16.6. The highest BCUT2D eigenvalue weighted by Crippen LogP contribution is 2.37. The average Bonchev–Trinajstić information content (AvgIpc) is 2.98. The van der Waals surface area contributed by atoms with Crippen LogP contribution in [0, 0.1) is 5.92 Å². The van der Waals surface area contributed by atoms with Crippen LogP contribution < -0.4 is 0 Å². The van der Waals surface area contributed by atoms with Crippen LogP contribution in [0.1, 0.15) is 60.3 Å². The molecule has 1 saturated carbocycles. The van der Waals surface area contributed by atoms with Crippen molar-refractivity contribution in [1.82, 2.24) is 4.90 Å². The van der Waals surface area contributed by atoms with E-state index in [4.69, 9.17) is 9.47 Å². The van der Waals surface area contributed by atoms with Gasteiger partial charge in [-0.15, -0.1) is 0 Å². The molecule has 2 fully saturated rings. The summed E-state index contributed by atoms with van der Waals surface area (Å²) in [6.45, 7) is 10.2. The van der Waals surface area contributed by atoms with E-state index in [9.17, 15) is 4.79 Å². The Balaban J connectivity index is 2.00. The first-order chi connectivity index (χ1) is 8.69. The topological polar surface area (TPSA) is 38.8 Å². The molecule has 0 aromatic heterocycles. The highest BCUT2D eigenvalue weighted by Gasteiger charge is 2.45. The molecule has 110 valence electrons. The number of hydrogen-bond acceptors (Lipinski definition) is 3. The molecule has 4 nitrogen and oxygen atoms in total. The van der Waals surface area contributed by atoms with Gasteiger partial charge in [-0.3, -0.25) is 4.90 Å². The summed E-state index contributed by atoms with van der Waals surface area (Å²) in [5.74, 6) is 0.879. The Hall–Kier alpha value is -0.770. The molecule has 1 amide bonds.